The van der Waals surface area contributed by atoms with Gasteiger partial charge in [-0.1, -0.05) is 26.7 Å². The first-order valence-corrected chi connectivity index (χ1v) is 4.41. The number of aliphatic carboxylic acids is 1. The molecule has 0 bridgehead atoms. The number of aliphatic imine (C=N–C) groups is 1. The van der Waals surface area contributed by atoms with E-state index in [0.29, 0.717) is 6.42 Å². The fourth-order valence-corrected chi connectivity index (χ4v) is 1.26. The van der Waals surface area contributed by atoms with Crippen molar-refractivity contribution in [1.29, 1.82) is 0 Å². The molecule has 0 aliphatic carbocycles. The van der Waals surface area contributed by atoms with Crippen molar-refractivity contribution in [2.75, 3.05) is 0 Å². The van der Waals surface area contributed by atoms with Gasteiger partial charge in [0.15, 0.2) is 6.04 Å². The zero-order valence-electron chi connectivity index (χ0n) is 7.99. The molecule has 1 N–H and O–H groups in total. The van der Waals surface area contributed by atoms with Crippen LogP contribution < -0.4 is 0 Å². The minimum atomic E-state index is -1.05. The SMILES string of the molecule is CCCC(C)CC(N=C=O)C(=O)O. The highest BCUT2D eigenvalue weighted by Crippen LogP contribution is 2.14. The quantitative estimate of drug-likeness (QED) is 0.505. The van der Waals surface area contributed by atoms with Crippen molar-refractivity contribution < 1.29 is 14.7 Å². The third-order valence-corrected chi connectivity index (χ3v) is 1.90. The first-order valence-electron chi connectivity index (χ1n) is 4.41. The van der Waals surface area contributed by atoms with E-state index in [2.05, 4.69) is 4.99 Å². The van der Waals surface area contributed by atoms with Gasteiger partial charge in [0.2, 0.25) is 6.08 Å². The molecule has 2 unspecified atom stereocenters. The second-order valence-electron chi connectivity index (χ2n) is 3.20. The zero-order chi connectivity index (χ0) is 10.3. The maximum Gasteiger partial charge on any atom is 0.329 e. The lowest BCUT2D eigenvalue weighted by Gasteiger charge is -2.11. The third-order valence-electron chi connectivity index (χ3n) is 1.90. The summed E-state index contributed by atoms with van der Waals surface area (Å²) in [4.78, 5) is 23.7. The van der Waals surface area contributed by atoms with E-state index in [1.54, 1.807) is 0 Å². The number of carboxylic acids is 1. The molecular formula is C9H15NO3. The molecule has 0 saturated carbocycles. The van der Waals surface area contributed by atoms with Crippen molar-refractivity contribution in [3.05, 3.63) is 0 Å². The molecule has 13 heavy (non-hydrogen) atoms. The van der Waals surface area contributed by atoms with Crippen LogP contribution in [0.3, 0.4) is 0 Å². The van der Waals surface area contributed by atoms with Gasteiger partial charge in [-0.25, -0.2) is 9.59 Å². The predicted octanol–water partition coefficient (Wildman–Crippen LogP) is 1.60. The molecule has 2 atom stereocenters. The minimum absolute atomic E-state index is 0.281. The number of nitrogens with zero attached hydrogens (tertiary/aromatic N) is 1. The monoisotopic (exact) mass is 185 g/mol. The van der Waals surface area contributed by atoms with Gasteiger partial charge in [-0.15, -0.1) is 0 Å². The van der Waals surface area contributed by atoms with Crippen LogP contribution in [0.1, 0.15) is 33.1 Å². The van der Waals surface area contributed by atoms with E-state index in [0.717, 1.165) is 12.8 Å². The van der Waals surface area contributed by atoms with E-state index in [4.69, 9.17) is 5.11 Å². The molecule has 0 aliphatic rings. The van der Waals surface area contributed by atoms with Gasteiger partial charge in [0.25, 0.3) is 0 Å². The van der Waals surface area contributed by atoms with Gasteiger partial charge < -0.3 is 5.11 Å². The molecule has 0 amide bonds. The first kappa shape index (κ1) is 11.8. The number of rotatable bonds is 6. The fraction of sp³-hybridized carbons (Fsp3) is 0.778. The summed E-state index contributed by atoms with van der Waals surface area (Å²) in [6.07, 6.45) is 3.67. The number of carbonyl (C=O) groups is 1. The summed E-state index contributed by atoms with van der Waals surface area (Å²) < 4.78 is 0. The summed E-state index contributed by atoms with van der Waals surface area (Å²) in [6.45, 7) is 4.00. The van der Waals surface area contributed by atoms with E-state index in [1.165, 1.54) is 6.08 Å². The number of carboxylic acid groups (broad SMARTS) is 1. The normalized spacial score (nSPS) is 14.3. The van der Waals surface area contributed by atoms with Gasteiger partial charge in [0.05, 0.1) is 0 Å². The van der Waals surface area contributed by atoms with Crippen LogP contribution in [0.25, 0.3) is 0 Å². The average Bonchev–Trinajstić information content (AvgIpc) is 2.04. The molecule has 0 spiro atoms. The van der Waals surface area contributed by atoms with E-state index in [-0.39, 0.29) is 5.92 Å². The second-order valence-corrected chi connectivity index (χ2v) is 3.20. The summed E-state index contributed by atoms with van der Waals surface area (Å²) in [6, 6.07) is -0.918. The molecule has 0 aromatic carbocycles. The van der Waals surface area contributed by atoms with Crippen molar-refractivity contribution >= 4 is 12.0 Å². The topological polar surface area (TPSA) is 66.7 Å². The molecule has 0 saturated heterocycles. The van der Waals surface area contributed by atoms with Gasteiger partial charge >= 0.3 is 5.97 Å². The van der Waals surface area contributed by atoms with Gasteiger partial charge in [-0.05, 0) is 12.3 Å². The average molecular weight is 185 g/mol. The number of carbonyl (C=O) groups excluding carboxylic acids is 1. The molecule has 0 radical (unpaired) electrons. The lowest BCUT2D eigenvalue weighted by molar-refractivity contribution is -0.138. The van der Waals surface area contributed by atoms with Crippen molar-refractivity contribution in [1.82, 2.24) is 0 Å². The fourth-order valence-electron chi connectivity index (χ4n) is 1.26. The standard InChI is InChI=1S/C9H15NO3/c1-3-4-7(2)5-8(9(12)13)10-6-11/h7-8H,3-5H2,1-2H3,(H,12,13). The Labute approximate surface area is 77.7 Å². The van der Waals surface area contributed by atoms with Gasteiger partial charge in [0.1, 0.15) is 0 Å². The largest absolute Gasteiger partial charge is 0.480 e. The lowest BCUT2D eigenvalue weighted by atomic mass is 9.98. The molecule has 4 nitrogen and oxygen atoms in total. The van der Waals surface area contributed by atoms with Gasteiger partial charge in [0, 0.05) is 0 Å². The molecule has 0 rings (SSSR count). The van der Waals surface area contributed by atoms with Crippen LogP contribution in [0, 0.1) is 5.92 Å². The summed E-state index contributed by atoms with van der Waals surface area (Å²) in [5, 5.41) is 8.65. The first-order chi connectivity index (χ1) is 6.11. The highest BCUT2D eigenvalue weighted by atomic mass is 16.4. The molecule has 0 aromatic heterocycles. The van der Waals surface area contributed by atoms with Gasteiger partial charge in [-0.2, -0.15) is 4.99 Å². The van der Waals surface area contributed by atoms with Crippen LogP contribution in [-0.4, -0.2) is 23.2 Å². The molecular weight excluding hydrogens is 170 g/mol. The number of hydrogen-bond acceptors (Lipinski definition) is 3. The highest BCUT2D eigenvalue weighted by molar-refractivity contribution is 5.74. The second kappa shape index (κ2) is 6.38. The smallest absolute Gasteiger partial charge is 0.329 e. The Hall–Kier alpha value is -1.15. The lowest BCUT2D eigenvalue weighted by Crippen LogP contribution is -2.20. The van der Waals surface area contributed by atoms with Crippen LogP contribution in [-0.2, 0) is 9.59 Å². The van der Waals surface area contributed by atoms with E-state index < -0.39 is 12.0 Å². The number of hydrogen-bond donors (Lipinski definition) is 1. The highest BCUT2D eigenvalue weighted by Gasteiger charge is 2.18. The minimum Gasteiger partial charge on any atom is -0.480 e. The predicted molar refractivity (Wildman–Crippen MR) is 48.2 cm³/mol. The Morgan fingerprint density at radius 2 is 2.23 bits per heavy atom. The Bertz CT molecular complexity index is 207. The van der Waals surface area contributed by atoms with Gasteiger partial charge in [-0.3, -0.25) is 0 Å². The summed E-state index contributed by atoms with van der Waals surface area (Å²) in [5.41, 5.74) is 0. The molecule has 0 fully saturated rings. The van der Waals surface area contributed by atoms with E-state index >= 15 is 0 Å². The van der Waals surface area contributed by atoms with Crippen LogP contribution in [0.5, 0.6) is 0 Å². The van der Waals surface area contributed by atoms with Crippen molar-refractivity contribution in [2.45, 2.75) is 39.2 Å². The molecule has 0 aliphatic heterocycles. The van der Waals surface area contributed by atoms with Crippen molar-refractivity contribution in [2.24, 2.45) is 10.9 Å². The van der Waals surface area contributed by atoms with Crippen molar-refractivity contribution in [3.8, 4) is 0 Å². The Morgan fingerprint density at radius 3 is 2.62 bits per heavy atom. The van der Waals surface area contributed by atoms with Crippen LogP contribution >= 0.6 is 0 Å². The molecule has 0 heterocycles. The van der Waals surface area contributed by atoms with Crippen molar-refractivity contribution in [3.63, 3.8) is 0 Å². The van der Waals surface area contributed by atoms with Crippen LogP contribution in [0.15, 0.2) is 4.99 Å². The van der Waals surface area contributed by atoms with E-state index in [9.17, 15) is 9.59 Å². The maximum atomic E-state index is 10.6. The molecule has 74 valence electrons. The maximum absolute atomic E-state index is 10.6. The number of isocyanates is 1. The molecule has 0 aromatic rings. The Morgan fingerprint density at radius 1 is 1.62 bits per heavy atom. The summed E-state index contributed by atoms with van der Waals surface area (Å²) >= 11 is 0. The van der Waals surface area contributed by atoms with Crippen LogP contribution in [0.4, 0.5) is 0 Å². The molecule has 4 heteroatoms. The Balaban J connectivity index is 4.09. The van der Waals surface area contributed by atoms with Crippen LogP contribution in [0.2, 0.25) is 0 Å². The summed E-state index contributed by atoms with van der Waals surface area (Å²) in [5.74, 6) is -0.769. The zero-order valence-corrected chi connectivity index (χ0v) is 7.99. The third kappa shape index (κ3) is 5.15. The Kier molecular flexibility index (Phi) is 5.81. The summed E-state index contributed by atoms with van der Waals surface area (Å²) in [7, 11) is 0. The van der Waals surface area contributed by atoms with E-state index in [1.807, 2.05) is 13.8 Å².